The molecule has 1 aromatic rings. The zero-order valence-corrected chi connectivity index (χ0v) is 11.8. The van der Waals surface area contributed by atoms with Crippen molar-refractivity contribution in [1.82, 2.24) is 5.32 Å². The normalized spacial score (nSPS) is 11.3. The number of hydrogen-bond acceptors (Lipinski definition) is 3. The molecule has 0 bridgehead atoms. The van der Waals surface area contributed by atoms with E-state index in [0.29, 0.717) is 6.54 Å². The first-order valence-corrected chi connectivity index (χ1v) is 5.71. The summed E-state index contributed by atoms with van der Waals surface area (Å²) in [5, 5.41) is 2.78. The van der Waals surface area contributed by atoms with Crippen LogP contribution in [-0.2, 0) is 11.2 Å². The van der Waals surface area contributed by atoms with E-state index in [-0.39, 0.29) is 18.3 Å². The van der Waals surface area contributed by atoms with Crippen molar-refractivity contribution in [2.24, 2.45) is 5.73 Å². The summed E-state index contributed by atoms with van der Waals surface area (Å²) in [4.78, 5) is 11.2. The number of benzene rings is 1. The van der Waals surface area contributed by atoms with E-state index in [1.54, 1.807) is 14.0 Å². The minimum absolute atomic E-state index is 0. The quantitative estimate of drug-likeness (QED) is 0.852. The molecule has 0 aliphatic rings. The number of methoxy groups -OCH3 is 1. The van der Waals surface area contributed by atoms with Crippen molar-refractivity contribution < 1.29 is 9.53 Å². The molecule has 0 fully saturated rings. The van der Waals surface area contributed by atoms with Crippen molar-refractivity contribution in [3.63, 3.8) is 0 Å². The lowest BCUT2D eigenvalue weighted by Gasteiger charge is -2.09. The highest BCUT2D eigenvalue weighted by Crippen LogP contribution is 2.18. The fourth-order valence-corrected chi connectivity index (χ4v) is 1.51. The lowest BCUT2D eigenvalue weighted by Crippen LogP contribution is -2.39. The molecule has 0 spiro atoms. The van der Waals surface area contributed by atoms with Crippen LogP contribution < -0.4 is 15.8 Å². The molecule has 3 N–H and O–H groups in total. The Kier molecular flexibility index (Phi) is 7.39. The first kappa shape index (κ1) is 16.7. The second-order valence-electron chi connectivity index (χ2n) is 4.13. The summed E-state index contributed by atoms with van der Waals surface area (Å²) in [6.07, 6.45) is 0.773. The van der Waals surface area contributed by atoms with Crippen LogP contribution in [0.1, 0.15) is 18.1 Å². The Morgan fingerprint density at radius 2 is 2.17 bits per heavy atom. The van der Waals surface area contributed by atoms with Crippen LogP contribution in [0.25, 0.3) is 0 Å². The summed E-state index contributed by atoms with van der Waals surface area (Å²) in [5.74, 6) is 0.755. The lowest BCUT2D eigenvalue weighted by atomic mass is 10.1. The number of carbonyl (C=O) groups is 1. The maximum atomic E-state index is 11.2. The van der Waals surface area contributed by atoms with Gasteiger partial charge in [-0.25, -0.2) is 0 Å². The third kappa shape index (κ3) is 4.94. The van der Waals surface area contributed by atoms with Gasteiger partial charge in [0, 0.05) is 6.54 Å². The van der Waals surface area contributed by atoms with Crippen LogP contribution in [0.15, 0.2) is 18.2 Å². The second-order valence-corrected chi connectivity index (χ2v) is 4.13. The van der Waals surface area contributed by atoms with Crippen LogP contribution in [0.4, 0.5) is 0 Å². The standard InChI is InChI=1S/C13H20N2O2.ClH/c1-9-4-5-11(8-12(9)17-3)6-7-15-13(16)10(2)14;/h4-5,8,10H,6-7,14H2,1-3H3,(H,15,16);1H/t10-;/m1./s1. The molecule has 0 saturated carbocycles. The third-order valence-corrected chi connectivity index (χ3v) is 2.60. The Balaban J connectivity index is 0.00000289. The Hall–Kier alpha value is -1.26. The van der Waals surface area contributed by atoms with Crippen molar-refractivity contribution in [2.75, 3.05) is 13.7 Å². The SMILES string of the molecule is COc1cc(CCNC(=O)[C@@H](C)N)ccc1C.Cl. The first-order valence-electron chi connectivity index (χ1n) is 5.71. The highest BCUT2D eigenvalue weighted by atomic mass is 35.5. The van der Waals surface area contributed by atoms with Gasteiger partial charge in [-0.2, -0.15) is 0 Å². The van der Waals surface area contributed by atoms with Crippen LogP contribution in [0, 0.1) is 6.92 Å². The van der Waals surface area contributed by atoms with Crippen molar-refractivity contribution >= 4 is 18.3 Å². The Labute approximate surface area is 114 Å². The fourth-order valence-electron chi connectivity index (χ4n) is 1.51. The molecule has 102 valence electrons. The Morgan fingerprint density at radius 1 is 1.50 bits per heavy atom. The van der Waals surface area contributed by atoms with E-state index in [9.17, 15) is 4.79 Å². The van der Waals surface area contributed by atoms with E-state index >= 15 is 0 Å². The zero-order valence-electron chi connectivity index (χ0n) is 11.0. The number of nitrogens with two attached hydrogens (primary N) is 1. The molecular weight excluding hydrogens is 252 g/mol. The summed E-state index contributed by atoms with van der Waals surface area (Å²) in [5.41, 5.74) is 7.69. The molecule has 5 heteroatoms. The van der Waals surface area contributed by atoms with Crippen molar-refractivity contribution in [1.29, 1.82) is 0 Å². The first-order chi connectivity index (χ1) is 8.04. The molecule has 0 radical (unpaired) electrons. The van der Waals surface area contributed by atoms with E-state index < -0.39 is 6.04 Å². The maximum Gasteiger partial charge on any atom is 0.236 e. The summed E-state index contributed by atoms with van der Waals surface area (Å²) in [7, 11) is 1.66. The van der Waals surface area contributed by atoms with E-state index in [1.807, 2.05) is 25.1 Å². The molecule has 18 heavy (non-hydrogen) atoms. The van der Waals surface area contributed by atoms with E-state index in [2.05, 4.69) is 5.32 Å². The van der Waals surface area contributed by atoms with Crippen LogP contribution >= 0.6 is 12.4 Å². The van der Waals surface area contributed by atoms with Crippen LogP contribution in [0.3, 0.4) is 0 Å². The van der Waals surface area contributed by atoms with E-state index in [0.717, 1.165) is 23.3 Å². The summed E-state index contributed by atoms with van der Waals surface area (Å²) >= 11 is 0. The van der Waals surface area contributed by atoms with Crippen LogP contribution in [-0.4, -0.2) is 25.6 Å². The summed E-state index contributed by atoms with van der Waals surface area (Å²) in [6.45, 7) is 4.26. The molecule has 1 atom stereocenters. The number of nitrogens with one attached hydrogen (secondary N) is 1. The van der Waals surface area contributed by atoms with Gasteiger partial charge in [0.25, 0.3) is 0 Å². The van der Waals surface area contributed by atoms with E-state index in [1.165, 1.54) is 0 Å². The summed E-state index contributed by atoms with van der Waals surface area (Å²) in [6, 6.07) is 5.59. The number of ether oxygens (including phenoxy) is 1. The van der Waals surface area contributed by atoms with Crippen LogP contribution in [0.2, 0.25) is 0 Å². The molecule has 0 saturated heterocycles. The molecule has 0 unspecified atom stereocenters. The molecule has 0 aliphatic heterocycles. The van der Waals surface area contributed by atoms with Gasteiger partial charge in [-0.05, 0) is 37.5 Å². The highest BCUT2D eigenvalue weighted by Gasteiger charge is 2.06. The third-order valence-electron chi connectivity index (χ3n) is 2.60. The number of hydrogen-bond donors (Lipinski definition) is 2. The number of rotatable bonds is 5. The van der Waals surface area contributed by atoms with Gasteiger partial charge in [-0.1, -0.05) is 12.1 Å². The van der Waals surface area contributed by atoms with Gasteiger partial charge in [-0.3, -0.25) is 4.79 Å². The molecule has 4 nitrogen and oxygen atoms in total. The molecule has 0 aliphatic carbocycles. The number of halogens is 1. The van der Waals surface area contributed by atoms with E-state index in [4.69, 9.17) is 10.5 Å². The van der Waals surface area contributed by atoms with Gasteiger partial charge in [0.2, 0.25) is 5.91 Å². The Bertz CT molecular complexity index is 395. The average Bonchev–Trinajstić information content (AvgIpc) is 2.31. The van der Waals surface area contributed by atoms with Crippen LogP contribution in [0.5, 0.6) is 5.75 Å². The number of aryl methyl sites for hydroxylation is 1. The van der Waals surface area contributed by atoms with Gasteiger partial charge in [0.15, 0.2) is 0 Å². The Morgan fingerprint density at radius 3 is 2.72 bits per heavy atom. The molecule has 0 aromatic heterocycles. The van der Waals surface area contributed by atoms with Gasteiger partial charge >= 0.3 is 0 Å². The average molecular weight is 273 g/mol. The highest BCUT2D eigenvalue weighted by molar-refractivity contribution is 5.85. The van der Waals surface area contributed by atoms with Gasteiger partial charge < -0.3 is 15.8 Å². The largest absolute Gasteiger partial charge is 0.496 e. The van der Waals surface area contributed by atoms with Gasteiger partial charge in [0.05, 0.1) is 13.2 Å². The summed E-state index contributed by atoms with van der Waals surface area (Å²) < 4.78 is 5.24. The van der Waals surface area contributed by atoms with Gasteiger partial charge in [0.1, 0.15) is 5.75 Å². The minimum atomic E-state index is -0.456. The maximum absolute atomic E-state index is 11.2. The second kappa shape index (κ2) is 7.95. The molecule has 1 rings (SSSR count). The van der Waals surface area contributed by atoms with Crippen molar-refractivity contribution in [3.8, 4) is 5.75 Å². The smallest absolute Gasteiger partial charge is 0.236 e. The molecule has 1 amide bonds. The van der Waals surface area contributed by atoms with Crippen molar-refractivity contribution in [2.45, 2.75) is 26.3 Å². The van der Waals surface area contributed by atoms with Crippen molar-refractivity contribution in [3.05, 3.63) is 29.3 Å². The molecule has 1 aromatic carbocycles. The predicted molar refractivity (Wildman–Crippen MR) is 75.3 cm³/mol. The topological polar surface area (TPSA) is 64.3 Å². The molecular formula is C13H21ClN2O2. The number of amides is 1. The monoisotopic (exact) mass is 272 g/mol. The zero-order chi connectivity index (χ0) is 12.8. The molecule has 0 heterocycles. The van der Waals surface area contributed by atoms with Gasteiger partial charge in [-0.15, -0.1) is 12.4 Å². The lowest BCUT2D eigenvalue weighted by molar-refractivity contribution is -0.121. The predicted octanol–water partition coefficient (Wildman–Crippen LogP) is 1.43. The number of carbonyl (C=O) groups excluding carboxylic acids is 1. The minimum Gasteiger partial charge on any atom is -0.496 e. The fraction of sp³-hybridized carbons (Fsp3) is 0.462.